The van der Waals surface area contributed by atoms with Crippen molar-refractivity contribution in [1.29, 1.82) is 0 Å². The molecule has 0 spiro atoms. The van der Waals surface area contributed by atoms with Crippen molar-refractivity contribution in [3.63, 3.8) is 0 Å². The molecular weight excluding hydrogens is 488 g/mol. The number of thiazole rings is 1. The third-order valence-electron chi connectivity index (χ3n) is 6.55. The molecule has 1 saturated carbocycles. The van der Waals surface area contributed by atoms with Gasteiger partial charge in [-0.2, -0.15) is 0 Å². The zero-order valence-electron chi connectivity index (χ0n) is 21.0. The summed E-state index contributed by atoms with van der Waals surface area (Å²) in [5.41, 5.74) is -0.619. The normalized spacial score (nSPS) is 22.3. The lowest BCUT2D eigenvalue weighted by atomic mass is 10.1. The monoisotopic (exact) mass is 521 g/mol. The van der Waals surface area contributed by atoms with Gasteiger partial charge in [-0.3, -0.25) is 9.59 Å². The van der Waals surface area contributed by atoms with E-state index in [1.165, 1.54) is 12.3 Å². The van der Waals surface area contributed by atoms with Crippen LogP contribution in [0.25, 0.3) is 10.4 Å². The van der Waals surface area contributed by atoms with E-state index >= 15 is 0 Å². The molecule has 1 aliphatic heterocycles. The van der Waals surface area contributed by atoms with Gasteiger partial charge < -0.3 is 20.6 Å². The fourth-order valence-corrected chi connectivity index (χ4v) is 5.74. The summed E-state index contributed by atoms with van der Waals surface area (Å²) in [6.07, 6.45) is 1.57. The van der Waals surface area contributed by atoms with E-state index in [0.29, 0.717) is 25.2 Å². The summed E-state index contributed by atoms with van der Waals surface area (Å²) in [6.45, 7) is 8.17. The molecule has 2 aromatic rings. The second kappa shape index (κ2) is 10.4. The Bertz CT molecular complexity index is 1130. The van der Waals surface area contributed by atoms with E-state index in [9.17, 15) is 23.5 Å². The fourth-order valence-electron chi connectivity index (χ4n) is 4.75. The number of alkyl halides is 2. The third-order valence-corrected chi connectivity index (χ3v) is 7.64. The predicted octanol–water partition coefficient (Wildman–Crippen LogP) is 4.62. The minimum absolute atomic E-state index is 0.00332. The average molecular weight is 522 g/mol. The van der Waals surface area contributed by atoms with Gasteiger partial charge >= 0.3 is 0 Å². The molecule has 2 fully saturated rings. The lowest BCUT2D eigenvalue weighted by molar-refractivity contribution is 0.0742. The van der Waals surface area contributed by atoms with Crippen LogP contribution in [-0.2, 0) is 0 Å². The van der Waals surface area contributed by atoms with Crippen LogP contribution >= 0.6 is 11.3 Å². The van der Waals surface area contributed by atoms with E-state index in [4.69, 9.17) is 0 Å². The maximum absolute atomic E-state index is 14.2. The molecule has 2 amide bonds. The molecule has 3 atom stereocenters. The van der Waals surface area contributed by atoms with Crippen LogP contribution in [0.1, 0.15) is 92.1 Å². The Morgan fingerprint density at radius 1 is 1.22 bits per heavy atom. The zero-order valence-corrected chi connectivity index (χ0v) is 21.8. The second-order valence-electron chi connectivity index (χ2n) is 10.6. The topological polar surface area (TPSA) is 107 Å². The molecule has 8 nitrogen and oxygen atoms in total. The Kier molecular flexibility index (Phi) is 7.61. The first-order chi connectivity index (χ1) is 16.9. The number of halogens is 2. The van der Waals surface area contributed by atoms with E-state index in [-0.39, 0.29) is 44.2 Å². The molecule has 1 aliphatic carbocycles. The molecule has 3 heterocycles. The molecule has 2 aromatic heterocycles. The number of anilines is 1. The molecule has 3 N–H and O–H groups in total. The summed E-state index contributed by atoms with van der Waals surface area (Å²) in [7, 11) is 0. The van der Waals surface area contributed by atoms with Crippen molar-refractivity contribution >= 4 is 29.0 Å². The molecule has 1 saturated heterocycles. The van der Waals surface area contributed by atoms with Gasteiger partial charge in [-0.1, -0.05) is 0 Å². The van der Waals surface area contributed by atoms with E-state index in [2.05, 4.69) is 20.6 Å². The number of carbonyl (C=O) groups is 2. The highest BCUT2D eigenvalue weighted by atomic mass is 32.1. The first-order valence-electron chi connectivity index (χ1n) is 12.3. The van der Waals surface area contributed by atoms with Gasteiger partial charge in [-0.25, -0.2) is 18.7 Å². The number of aliphatic hydroxyl groups is 1. The first-order valence-corrected chi connectivity index (χ1v) is 13.1. The molecule has 0 unspecified atom stereocenters. The number of rotatable bonds is 6. The summed E-state index contributed by atoms with van der Waals surface area (Å²) < 4.78 is 28.5. The summed E-state index contributed by atoms with van der Waals surface area (Å²) in [4.78, 5) is 37.1. The number of aliphatic hydroxyl groups excluding tert-OH is 1. The van der Waals surface area contributed by atoms with Crippen LogP contribution in [0.4, 0.5) is 14.6 Å². The smallest absolute Gasteiger partial charge is 0.280 e. The number of hydrogen-bond acceptors (Lipinski definition) is 7. The van der Waals surface area contributed by atoms with Crippen LogP contribution in [-0.4, -0.2) is 62.1 Å². The van der Waals surface area contributed by atoms with E-state index in [0.717, 1.165) is 30.6 Å². The Morgan fingerprint density at radius 3 is 2.56 bits per heavy atom. The number of nitrogens with zero attached hydrogens (tertiary/aromatic N) is 3. The minimum Gasteiger partial charge on any atom is -0.391 e. The average Bonchev–Trinajstić information content (AvgIpc) is 3.52. The van der Waals surface area contributed by atoms with Crippen molar-refractivity contribution in [1.82, 2.24) is 20.2 Å². The van der Waals surface area contributed by atoms with Crippen LogP contribution in [0, 0.1) is 0 Å². The quantitative estimate of drug-likeness (QED) is 0.512. The van der Waals surface area contributed by atoms with Crippen LogP contribution in [0.2, 0.25) is 0 Å². The maximum Gasteiger partial charge on any atom is 0.280 e. The highest BCUT2D eigenvalue weighted by molar-refractivity contribution is 7.17. The van der Waals surface area contributed by atoms with Crippen molar-refractivity contribution in [3.05, 3.63) is 28.5 Å². The summed E-state index contributed by atoms with van der Waals surface area (Å²) in [5, 5.41) is 16.0. The SMILES string of the molecule is C[C@H]1CCCN1C(=O)c1nc(C(=O)N[C@H]2CCC[C@@H]2O)sc1-c1cnc(NC(C)(C)C)cc1C(F)F. The highest BCUT2D eigenvalue weighted by Crippen LogP contribution is 2.39. The Labute approximate surface area is 213 Å². The highest BCUT2D eigenvalue weighted by Gasteiger charge is 2.34. The molecule has 2 aliphatic rings. The number of likely N-dealkylation sites (tertiary alicyclic amines) is 1. The van der Waals surface area contributed by atoms with Gasteiger partial charge in [0.05, 0.1) is 17.0 Å². The van der Waals surface area contributed by atoms with Gasteiger partial charge in [0.1, 0.15) is 11.5 Å². The van der Waals surface area contributed by atoms with Crippen LogP contribution < -0.4 is 10.6 Å². The molecule has 11 heteroatoms. The van der Waals surface area contributed by atoms with Crippen molar-refractivity contribution in [2.24, 2.45) is 0 Å². The summed E-state index contributed by atoms with van der Waals surface area (Å²) in [5.74, 6) is -0.623. The standard InChI is InChI=1S/C25H33F2N5O3S/c1-13-7-6-10-32(13)24(35)19-20(36-23(30-19)22(34)29-16-8-5-9-17(16)33)15-12-28-18(31-25(2,3)4)11-14(15)21(26)27/h11-13,16-17,21,33H,5-10H2,1-4H3,(H,28,31)(H,29,34)/t13-,16-,17-/m0/s1. The van der Waals surface area contributed by atoms with E-state index in [1.807, 2.05) is 27.7 Å². The number of aromatic nitrogens is 2. The van der Waals surface area contributed by atoms with Gasteiger partial charge in [-0.05, 0) is 65.9 Å². The molecule has 0 bridgehead atoms. The molecule has 4 rings (SSSR count). The van der Waals surface area contributed by atoms with Crippen molar-refractivity contribution < 1.29 is 23.5 Å². The lowest BCUT2D eigenvalue weighted by Gasteiger charge is -2.23. The van der Waals surface area contributed by atoms with Gasteiger partial charge in [0.25, 0.3) is 18.2 Å². The largest absolute Gasteiger partial charge is 0.391 e. The first kappa shape index (κ1) is 26.4. The molecule has 36 heavy (non-hydrogen) atoms. The number of nitrogens with one attached hydrogen (secondary N) is 2. The molecule has 0 radical (unpaired) electrons. The number of amides is 2. The third kappa shape index (κ3) is 5.67. The predicted molar refractivity (Wildman–Crippen MR) is 135 cm³/mol. The van der Waals surface area contributed by atoms with Crippen LogP contribution in [0.15, 0.2) is 12.3 Å². The van der Waals surface area contributed by atoms with Gasteiger partial charge in [0.15, 0.2) is 5.01 Å². The Morgan fingerprint density at radius 2 is 1.97 bits per heavy atom. The van der Waals surface area contributed by atoms with E-state index < -0.39 is 24.5 Å². The zero-order chi connectivity index (χ0) is 26.2. The Balaban J connectivity index is 1.76. The molecule has 196 valence electrons. The maximum atomic E-state index is 14.2. The van der Waals surface area contributed by atoms with Crippen LogP contribution in [0.5, 0.6) is 0 Å². The molecular formula is C25H33F2N5O3S. The number of hydrogen-bond donors (Lipinski definition) is 3. The summed E-state index contributed by atoms with van der Waals surface area (Å²) >= 11 is 0.898. The van der Waals surface area contributed by atoms with Crippen molar-refractivity contribution in [2.75, 3.05) is 11.9 Å². The molecule has 0 aromatic carbocycles. The van der Waals surface area contributed by atoms with Crippen LogP contribution in [0.3, 0.4) is 0 Å². The van der Waals surface area contributed by atoms with Crippen molar-refractivity contribution in [3.8, 4) is 10.4 Å². The Hall–Kier alpha value is -2.66. The second-order valence-corrected chi connectivity index (χ2v) is 11.6. The van der Waals surface area contributed by atoms with Gasteiger partial charge in [0, 0.05) is 35.4 Å². The lowest BCUT2D eigenvalue weighted by Crippen LogP contribution is -2.40. The number of carbonyl (C=O) groups excluding carboxylic acids is 2. The van der Waals surface area contributed by atoms with Gasteiger partial charge in [-0.15, -0.1) is 11.3 Å². The van der Waals surface area contributed by atoms with E-state index in [1.54, 1.807) is 4.90 Å². The minimum atomic E-state index is -2.83. The summed E-state index contributed by atoms with van der Waals surface area (Å²) in [6, 6.07) is 0.874. The van der Waals surface area contributed by atoms with Crippen molar-refractivity contribution in [2.45, 2.75) is 90.0 Å². The number of pyridine rings is 1. The fraction of sp³-hybridized carbons (Fsp3) is 0.600. The van der Waals surface area contributed by atoms with Gasteiger partial charge in [0.2, 0.25) is 0 Å².